The molecule has 1 saturated heterocycles. The fourth-order valence-electron chi connectivity index (χ4n) is 3.32. The van der Waals surface area contributed by atoms with E-state index in [1.54, 1.807) is 21.8 Å². The van der Waals surface area contributed by atoms with E-state index in [-0.39, 0.29) is 42.3 Å². The monoisotopic (exact) mass is 539 g/mol. The number of carbonyl (C=O) groups excluding carboxylic acids is 2. The van der Waals surface area contributed by atoms with Crippen LogP contribution in [-0.4, -0.2) is 71.7 Å². The van der Waals surface area contributed by atoms with Crippen LogP contribution in [0, 0.1) is 6.92 Å². The molecule has 9 nitrogen and oxygen atoms in total. The number of rotatable bonds is 6. The maximum absolute atomic E-state index is 12.6. The molecular weight excluding hydrogens is 509 g/mol. The summed E-state index contributed by atoms with van der Waals surface area (Å²) in [5.41, 5.74) is 2.50. The minimum absolute atomic E-state index is 0. The first-order valence-corrected chi connectivity index (χ1v) is 10.1. The lowest BCUT2D eigenvalue weighted by atomic mass is 10.1. The van der Waals surface area contributed by atoms with Gasteiger partial charge in [-0.2, -0.15) is 5.10 Å². The second-order valence-corrected chi connectivity index (χ2v) is 7.20. The van der Waals surface area contributed by atoms with Gasteiger partial charge in [0.05, 0.1) is 18.4 Å². The lowest BCUT2D eigenvalue weighted by Crippen LogP contribution is -2.55. The maximum Gasteiger partial charge on any atom is 0.251 e. The number of amides is 2. The fraction of sp³-hybridized carbons (Fsp3) is 0.429. The van der Waals surface area contributed by atoms with E-state index in [2.05, 4.69) is 20.7 Å². The third-order valence-corrected chi connectivity index (χ3v) is 4.80. The maximum atomic E-state index is 12.6. The summed E-state index contributed by atoms with van der Waals surface area (Å²) in [6.45, 7) is 6.98. The summed E-state index contributed by atoms with van der Waals surface area (Å²) in [6.07, 6.45) is 3.54. The van der Waals surface area contributed by atoms with E-state index in [4.69, 9.17) is 0 Å². The van der Waals surface area contributed by atoms with Crippen molar-refractivity contribution in [3.63, 3.8) is 0 Å². The van der Waals surface area contributed by atoms with Gasteiger partial charge in [0, 0.05) is 45.0 Å². The minimum Gasteiger partial charge on any atom is -0.357 e. The summed E-state index contributed by atoms with van der Waals surface area (Å²) in [7, 11) is 1.83. The molecule has 0 unspecified atom stereocenters. The predicted molar refractivity (Wildman–Crippen MR) is 132 cm³/mol. The SMILES string of the molecule is CCNC(=NCCNC(=O)c1cccc(C)c1)N1CCN(c2cnn(C)c2)C(=O)C1.I. The van der Waals surface area contributed by atoms with E-state index in [0.717, 1.165) is 11.3 Å². The first-order valence-electron chi connectivity index (χ1n) is 10.1. The number of anilines is 1. The van der Waals surface area contributed by atoms with E-state index < -0.39 is 0 Å². The molecule has 0 saturated carbocycles. The minimum atomic E-state index is -0.112. The summed E-state index contributed by atoms with van der Waals surface area (Å²) in [5, 5.41) is 10.3. The van der Waals surface area contributed by atoms with Gasteiger partial charge in [-0.3, -0.25) is 19.3 Å². The molecule has 1 aliphatic heterocycles. The van der Waals surface area contributed by atoms with Crippen molar-refractivity contribution in [1.29, 1.82) is 0 Å². The van der Waals surface area contributed by atoms with Crippen molar-refractivity contribution in [2.75, 3.05) is 44.2 Å². The Morgan fingerprint density at radius 2 is 2.06 bits per heavy atom. The van der Waals surface area contributed by atoms with Crippen LogP contribution in [0.1, 0.15) is 22.8 Å². The Morgan fingerprint density at radius 1 is 1.26 bits per heavy atom. The van der Waals surface area contributed by atoms with Crippen molar-refractivity contribution < 1.29 is 9.59 Å². The number of benzene rings is 1. The van der Waals surface area contributed by atoms with Gasteiger partial charge < -0.3 is 20.4 Å². The second-order valence-electron chi connectivity index (χ2n) is 7.20. The van der Waals surface area contributed by atoms with Crippen LogP contribution < -0.4 is 15.5 Å². The highest BCUT2D eigenvalue weighted by Crippen LogP contribution is 2.16. The number of aliphatic imine (C=N–C) groups is 1. The Bertz CT molecular complexity index is 928. The third kappa shape index (κ3) is 6.68. The van der Waals surface area contributed by atoms with E-state index in [0.29, 0.717) is 44.2 Å². The van der Waals surface area contributed by atoms with Crippen molar-refractivity contribution in [1.82, 2.24) is 25.3 Å². The predicted octanol–water partition coefficient (Wildman–Crippen LogP) is 1.39. The van der Waals surface area contributed by atoms with Gasteiger partial charge in [0.15, 0.2) is 5.96 Å². The molecule has 1 aromatic heterocycles. The summed E-state index contributed by atoms with van der Waals surface area (Å²) in [4.78, 5) is 33.2. The van der Waals surface area contributed by atoms with Crippen LogP contribution in [0.3, 0.4) is 0 Å². The van der Waals surface area contributed by atoms with E-state index >= 15 is 0 Å². The number of aromatic nitrogens is 2. The number of hydrogen-bond acceptors (Lipinski definition) is 4. The van der Waals surface area contributed by atoms with Gasteiger partial charge in [-0.1, -0.05) is 17.7 Å². The zero-order valence-corrected chi connectivity index (χ0v) is 20.5. The molecule has 1 aromatic carbocycles. The number of carbonyl (C=O) groups is 2. The molecule has 2 N–H and O–H groups in total. The number of aryl methyl sites for hydroxylation is 2. The molecule has 1 fully saturated rings. The number of guanidine groups is 1. The number of piperazine rings is 1. The molecule has 1 aliphatic rings. The van der Waals surface area contributed by atoms with Gasteiger partial charge in [0.1, 0.15) is 6.54 Å². The lowest BCUT2D eigenvalue weighted by Gasteiger charge is -2.35. The number of halogens is 1. The van der Waals surface area contributed by atoms with Gasteiger partial charge >= 0.3 is 0 Å². The lowest BCUT2D eigenvalue weighted by molar-refractivity contribution is -0.120. The van der Waals surface area contributed by atoms with Crippen LogP contribution in [-0.2, 0) is 11.8 Å². The van der Waals surface area contributed by atoms with Gasteiger partial charge in [0.25, 0.3) is 5.91 Å². The van der Waals surface area contributed by atoms with Gasteiger partial charge in [-0.05, 0) is 26.0 Å². The summed E-state index contributed by atoms with van der Waals surface area (Å²) in [6, 6.07) is 7.48. The van der Waals surface area contributed by atoms with Gasteiger partial charge in [0.2, 0.25) is 5.91 Å². The number of hydrogen-bond donors (Lipinski definition) is 2. The molecular formula is C21H30IN7O2. The normalized spacial score (nSPS) is 14.3. The first-order chi connectivity index (χ1) is 14.5. The molecule has 3 rings (SSSR count). The van der Waals surface area contributed by atoms with Crippen LogP contribution in [0.5, 0.6) is 0 Å². The van der Waals surface area contributed by atoms with Crippen molar-refractivity contribution in [3.8, 4) is 0 Å². The zero-order chi connectivity index (χ0) is 21.5. The Balaban J connectivity index is 0.00000341. The third-order valence-electron chi connectivity index (χ3n) is 4.80. The standard InChI is InChI=1S/C21H29N7O2.HI/c1-4-22-21(24-9-8-23-20(30)17-7-5-6-16(2)12-17)27-10-11-28(19(29)15-27)18-13-25-26(3)14-18;/h5-7,12-14H,4,8-11,15H2,1-3H3,(H,22,24)(H,23,30);1H. The Labute approximate surface area is 199 Å². The molecule has 0 radical (unpaired) electrons. The van der Waals surface area contributed by atoms with Crippen LogP contribution in [0.25, 0.3) is 0 Å². The van der Waals surface area contributed by atoms with E-state index in [1.165, 1.54) is 0 Å². The summed E-state index contributed by atoms with van der Waals surface area (Å²) < 4.78 is 1.69. The van der Waals surface area contributed by atoms with E-state index in [1.807, 2.05) is 50.2 Å². The molecule has 31 heavy (non-hydrogen) atoms. The van der Waals surface area contributed by atoms with Crippen molar-refractivity contribution >= 4 is 47.4 Å². The summed E-state index contributed by atoms with van der Waals surface area (Å²) >= 11 is 0. The molecule has 2 heterocycles. The van der Waals surface area contributed by atoms with Crippen LogP contribution in [0.2, 0.25) is 0 Å². The van der Waals surface area contributed by atoms with Crippen molar-refractivity contribution in [2.24, 2.45) is 12.0 Å². The highest BCUT2D eigenvalue weighted by atomic mass is 127. The molecule has 10 heteroatoms. The average Bonchev–Trinajstić information content (AvgIpc) is 3.16. The fourth-order valence-corrected chi connectivity index (χ4v) is 3.32. The smallest absolute Gasteiger partial charge is 0.251 e. The first kappa shape index (κ1) is 24.6. The Hall–Kier alpha value is -2.63. The molecule has 0 bridgehead atoms. The summed E-state index contributed by atoms with van der Waals surface area (Å²) in [5.74, 6) is 0.577. The second kappa shape index (κ2) is 11.7. The topological polar surface area (TPSA) is 94.9 Å². The largest absolute Gasteiger partial charge is 0.357 e. The van der Waals surface area contributed by atoms with Gasteiger partial charge in [-0.25, -0.2) is 0 Å². The Kier molecular flexibility index (Phi) is 9.28. The molecule has 2 amide bonds. The average molecular weight is 539 g/mol. The molecule has 0 atom stereocenters. The number of nitrogens with one attached hydrogen (secondary N) is 2. The molecule has 0 spiro atoms. The highest BCUT2D eigenvalue weighted by Gasteiger charge is 2.27. The van der Waals surface area contributed by atoms with E-state index in [9.17, 15) is 9.59 Å². The van der Waals surface area contributed by atoms with Crippen LogP contribution in [0.15, 0.2) is 41.7 Å². The van der Waals surface area contributed by atoms with Crippen LogP contribution >= 0.6 is 24.0 Å². The zero-order valence-electron chi connectivity index (χ0n) is 18.2. The molecule has 168 valence electrons. The van der Waals surface area contributed by atoms with Crippen LogP contribution in [0.4, 0.5) is 5.69 Å². The van der Waals surface area contributed by atoms with Crippen molar-refractivity contribution in [2.45, 2.75) is 13.8 Å². The number of nitrogens with zero attached hydrogens (tertiary/aromatic N) is 5. The quantitative estimate of drug-likeness (QED) is 0.251. The van der Waals surface area contributed by atoms with Crippen molar-refractivity contribution in [3.05, 3.63) is 47.8 Å². The Morgan fingerprint density at radius 3 is 2.71 bits per heavy atom. The molecule has 0 aliphatic carbocycles. The highest BCUT2D eigenvalue weighted by molar-refractivity contribution is 14.0. The van der Waals surface area contributed by atoms with Gasteiger partial charge in [-0.15, -0.1) is 24.0 Å². The molecule has 2 aromatic rings.